The maximum absolute atomic E-state index is 2.63. The van der Waals surface area contributed by atoms with Crippen molar-refractivity contribution < 1.29 is 0 Å². The van der Waals surface area contributed by atoms with E-state index in [0.717, 1.165) is 0 Å². The van der Waals surface area contributed by atoms with Crippen LogP contribution in [-0.2, 0) is 13.0 Å². The van der Waals surface area contributed by atoms with Gasteiger partial charge < -0.3 is 4.57 Å². The molecule has 1 nitrogen and oxygen atoms in total. The Morgan fingerprint density at radius 2 is 0.971 bits per heavy atom. The molecule has 1 heteroatoms. The molecule has 0 bridgehead atoms. The molecule has 0 N–H and O–H groups in total. The third-order valence-electron chi connectivity index (χ3n) is 7.88. The number of hydrogen-bond donors (Lipinski definition) is 0. The summed E-state index contributed by atoms with van der Waals surface area (Å²) in [6.45, 7) is 8.18. The van der Waals surface area contributed by atoms with Crippen molar-refractivity contribution in [3.63, 3.8) is 0 Å². The first-order valence-corrected chi connectivity index (χ1v) is 15.4. The number of nitrogens with zero attached hydrogens (tertiary/aromatic N) is 1. The van der Waals surface area contributed by atoms with E-state index in [2.05, 4.69) is 49.6 Å². The molecule has 0 atom stereocenters. The van der Waals surface area contributed by atoms with Crippen LogP contribution < -0.4 is 0 Å². The minimum atomic E-state index is 1.20. The molecular weight excluding hydrogens is 410 g/mol. The van der Waals surface area contributed by atoms with E-state index >= 15 is 0 Å². The Kier molecular flexibility index (Phi) is 16.2. The van der Waals surface area contributed by atoms with Crippen LogP contribution in [0.15, 0.2) is 24.3 Å². The number of fused-ring (bicyclic) bond motifs is 1. The molecule has 194 valence electrons. The van der Waals surface area contributed by atoms with Gasteiger partial charge in [-0.05, 0) is 37.8 Å². The summed E-state index contributed by atoms with van der Waals surface area (Å²) in [4.78, 5) is 0. The molecule has 0 amide bonds. The van der Waals surface area contributed by atoms with Gasteiger partial charge in [-0.2, -0.15) is 0 Å². The van der Waals surface area contributed by atoms with Crippen LogP contribution in [0.2, 0.25) is 0 Å². The number of aromatic nitrogens is 1. The van der Waals surface area contributed by atoms with Gasteiger partial charge in [-0.1, -0.05) is 148 Å². The lowest BCUT2D eigenvalue weighted by Gasteiger charge is -2.09. The average Bonchev–Trinajstić information content (AvgIpc) is 3.12. The standard InChI is InChI=1S/C33H57N/c1-4-6-8-10-12-14-16-18-20-22-26-31-30(3)34(33-28-24-23-27-32(31)33)29-25-21-19-17-15-13-11-9-7-5-2/h23-24,27-28H,4-22,25-26,29H2,1-3H3. The van der Waals surface area contributed by atoms with Crippen LogP contribution in [0, 0.1) is 6.92 Å². The van der Waals surface area contributed by atoms with Crippen molar-refractivity contribution in [3.05, 3.63) is 35.5 Å². The van der Waals surface area contributed by atoms with Crippen LogP contribution in [-0.4, -0.2) is 4.57 Å². The number of rotatable bonds is 22. The number of unbranched alkanes of at least 4 members (excludes halogenated alkanes) is 18. The molecule has 0 fully saturated rings. The molecule has 0 aliphatic rings. The monoisotopic (exact) mass is 467 g/mol. The third-order valence-corrected chi connectivity index (χ3v) is 7.88. The molecular formula is C33H57N. The van der Waals surface area contributed by atoms with Crippen molar-refractivity contribution in [2.24, 2.45) is 0 Å². The number of hydrogen-bond acceptors (Lipinski definition) is 0. The van der Waals surface area contributed by atoms with Crippen LogP contribution in [0.3, 0.4) is 0 Å². The van der Waals surface area contributed by atoms with Gasteiger partial charge in [0.2, 0.25) is 0 Å². The van der Waals surface area contributed by atoms with Crippen LogP contribution in [0.25, 0.3) is 10.9 Å². The second-order valence-corrected chi connectivity index (χ2v) is 10.8. The maximum Gasteiger partial charge on any atom is 0.0485 e. The van der Waals surface area contributed by atoms with Crippen LogP contribution in [0.4, 0.5) is 0 Å². The van der Waals surface area contributed by atoms with Crippen LogP contribution >= 0.6 is 0 Å². The summed E-state index contributed by atoms with van der Waals surface area (Å²) in [7, 11) is 0. The molecule has 0 aliphatic carbocycles. The Hall–Kier alpha value is -1.24. The first-order valence-electron chi connectivity index (χ1n) is 15.4. The van der Waals surface area contributed by atoms with Gasteiger partial charge in [0.05, 0.1) is 0 Å². The van der Waals surface area contributed by atoms with Gasteiger partial charge in [0, 0.05) is 23.1 Å². The first-order chi connectivity index (χ1) is 16.8. The summed E-state index contributed by atoms with van der Waals surface area (Å²) < 4.78 is 2.63. The van der Waals surface area contributed by atoms with E-state index in [9.17, 15) is 0 Å². The fraction of sp³-hybridized carbons (Fsp3) is 0.758. The van der Waals surface area contributed by atoms with E-state index in [0.29, 0.717) is 0 Å². The van der Waals surface area contributed by atoms with Crippen molar-refractivity contribution in [3.8, 4) is 0 Å². The quantitative estimate of drug-likeness (QED) is 0.152. The zero-order chi connectivity index (χ0) is 24.3. The number of aryl methyl sites for hydroxylation is 2. The third kappa shape index (κ3) is 11.0. The van der Waals surface area contributed by atoms with Crippen molar-refractivity contribution in [1.82, 2.24) is 4.57 Å². The van der Waals surface area contributed by atoms with Crippen molar-refractivity contribution in [2.45, 2.75) is 162 Å². The predicted octanol–water partition coefficient (Wildman–Crippen LogP) is 11.3. The summed E-state index contributed by atoms with van der Waals surface area (Å²) in [5.74, 6) is 0. The number of para-hydroxylation sites is 1. The van der Waals surface area contributed by atoms with E-state index in [4.69, 9.17) is 0 Å². The maximum atomic E-state index is 2.63. The van der Waals surface area contributed by atoms with E-state index in [1.54, 1.807) is 5.56 Å². The molecule has 1 heterocycles. The largest absolute Gasteiger partial charge is 0.345 e. The average molecular weight is 468 g/mol. The summed E-state index contributed by atoms with van der Waals surface area (Å²) in [6.07, 6.45) is 29.5. The summed E-state index contributed by atoms with van der Waals surface area (Å²) in [5, 5.41) is 1.52. The van der Waals surface area contributed by atoms with Gasteiger partial charge in [0.1, 0.15) is 0 Å². The van der Waals surface area contributed by atoms with E-state index in [1.807, 2.05) is 0 Å². The highest BCUT2D eigenvalue weighted by Gasteiger charge is 2.13. The molecule has 2 aromatic rings. The Balaban J connectivity index is 1.68. The normalized spacial score (nSPS) is 11.6. The van der Waals surface area contributed by atoms with E-state index in [-0.39, 0.29) is 0 Å². The molecule has 1 aromatic heterocycles. The Bertz CT molecular complexity index is 679. The summed E-state index contributed by atoms with van der Waals surface area (Å²) in [6, 6.07) is 9.17. The molecule has 0 aliphatic heterocycles. The molecule has 1 aromatic carbocycles. The predicted molar refractivity (Wildman–Crippen MR) is 154 cm³/mol. The molecule has 0 saturated carbocycles. The van der Waals surface area contributed by atoms with Crippen LogP contribution in [0.1, 0.15) is 154 Å². The van der Waals surface area contributed by atoms with Gasteiger partial charge in [0.15, 0.2) is 0 Å². The summed E-state index contributed by atoms with van der Waals surface area (Å²) in [5.41, 5.74) is 4.63. The van der Waals surface area contributed by atoms with Crippen molar-refractivity contribution >= 4 is 10.9 Å². The highest BCUT2D eigenvalue weighted by Crippen LogP contribution is 2.28. The topological polar surface area (TPSA) is 4.93 Å². The van der Waals surface area contributed by atoms with Gasteiger partial charge >= 0.3 is 0 Å². The molecule has 0 spiro atoms. The van der Waals surface area contributed by atoms with Gasteiger partial charge in [-0.25, -0.2) is 0 Å². The van der Waals surface area contributed by atoms with E-state index in [1.165, 1.54) is 158 Å². The minimum Gasteiger partial charge on any atom is -0.345 e. The highest BCUT2D eigenvalue weighted by molar-refractivity contribution is 5.85. The lowest BCUT2D eigenvalue weighted by atomic mass is 10.0. The molecule has 0 radical (unpaired) electrons. The summed E-state index contributed by atoms with van der Waals surface area (Å²) >= 11 is 0. The van der Waals surface area contributed by atoms with Gasteiger partial charge in [-0.15, -0.1) is 0 Å². The lowest BCUT2D eigenvalue weighted by Crippen LogP contribution is -2.01. The molecule has 0 saturated heterocycles. The molecule has 34 heavy (non-hydrogen) atoms. The van der Waals surface area contributed by atoms with Gasteiger partial charge in [-0.3, -0.25) is 0 Å². The first kappa shape index (κ1) is 29.0. The fourth-order valence-corrected chi connectivity index (χ4v) is 5.65. The molecule has 2 rings (SSSR count). The minimum absolute atomic E-state index is 1.20. The number of benzene rings is 1. The van der Waals surface area contributed by atoms with Crippen molar-refractivity contribution in [2.75, 3.05) is 0 Å². The Labute approximate surface area is 213 Å². The van der Waals surface area contributed by atoms with Crippen molar-refractivity contribution in [1.29, 1.82) is 0 Å². The zero-order valence-electron chi connectivity index (χ0n) is 23.3. The van der Waals surface area contributed by atoms with Gasteiger partial charge in [0.25, 0.3) is 0 Å². The molecule has 0 unspecified atom stereocenters. The second-order valence-electron chi connectivity index (χ2n) is 10.8. The highest BCUT2D eigenvalue weighted by atomic mass is 15.0. The fourth-order valence-electron chi connectivity index (χ4n) is 5.65. The Morgan fingerprint density at radius 3 is 1.50 bits per heavy atom. The van der Waals surface area contributed by atoms with E-state index < -0.39 is 0 Å². The van der Waals surface area contributed by atoms with Crippen LogP contribution in [0.5, 0.6) is 0 Å². The SMILES string of the molecule is CCCCCCCCCCCCc1c(C)n(CCCCCCCCCCCC)c2ccccc12. The Morgan fingerprint density at radius 1 is 0.529 bits per heavy atom. The second kappa shape index (κ2) is 19.0. The zero-order valence-corrected chi connectivity index (χ0v) is 23.3. The smallest absolute Gasteiger partial charge is 0.0485 e. The lowest BCUT2D eigenvalue weighted by molar-refractivity contribution is 0.535.